The normalized spacial score (nSPS) is 31.3. The second-order valence-corrected chi connectivity index (χ2v) is 7.11. The van der Waals surface area contributed by atoms with E-state index in [1.54, 1.807) is 12.4 Å². The van der Waals surface area contributed by atoms with E-state index in [-0.39, 0.29) is 17.9 Å². The van der Waals surface area contributed by atoms with E-state index in [0.29, 0.717) is 17.9 Å². The van der Waals surface area contributed by atoms with Gasteiger partial charge in [-0.05, 0) is 48.4 Å². The van der Waals surface area contributed by atoms with Crippen molar-refractivity contribution < 1.29 is 4.79 Å². The molecule has 0 spiro atoms. The zero-order valence-electron chi connectivity index (χ0n) is 14.2. The summed E-state index contributed by atoms with van der Waals surface area (Å²) >= 11 is 0. The summed E-state index contributed by atoms with van der Waals surface area (Å²) in [5.41, 5.74) is 8.55. The Bertz CT molecular complexity index is 723. The van der Waals surface area contributed by atoms with Crippen molar-refractivity contribution in [1.82, 2.24) is 20.8 Å². The Hall–Kier alpha value is -2.31. The van der Waals surface area contributed by atoms with Crippen molar-refractivity contribution in [3.8, 4) is 0 Å². The van der Waals surface area contributed by atoms with E-state index in [1.807, 2.05) is 30.6 Å². The number of rotatable bonds is 3. The number of pyridine rings is 2. The van der Waals surface area contributed by atoms with E-state index in [2.05, 4.69) is 39.1 Å². The third-order valence-corrected chi connectivity index (χ3v) is 5.53. The number of hydrogen-bond donors (Lipinski definition) is 3. The number of amides is 1. The van der Waals surface area contributed by atoms with Gasteiger partial charge in [-0.25, -0.2) is 5.43 Å². The molecule has 1 saturated heterocycles. The predicted molar refractivity (Wildman–Crippen MR) is 95.6 cm³/mol. The van der Waals surface area contributed by atoms with Crippen LogP contribution in [-0.2, 0) is 4.79 Å². The van der Waals surface area contributed by atoms with E-state index in [0.717, 1.165) is 18.5 Å². The smallest absolute Gasteiger partial charge is 0.243 e. The summed E-state index contributed by atoms with van der Waals surface area (Å²) in [7, 11) is 0. The first-order chi connectivity index (χ1) is 12.2. The number of nitrogens with one attached hydrogen (secondary N) is 3. The predicted octanol–water partition coefficient (Wildman–Crippen LogP) is 2.09. The van der Waals surface area contributed by atoms with Crippen molar-refractivity contribution in [2.45, 2.75) is 37.8 Å². The first-order valence-corrected chi connectivity index (χ1v) is 8.84. The second-order valence-electron chi connectivity index (χ2n) is 7.11. The van der Waals surface area contributed by atoms with E-state index in [1.165, 1.54) is 5.56 Å². The molecular formula is C19H23N5O. The quantitative estimate of drug-likeness (QED) is 0.799. The molecule has 4 rings (SSSR count). The van der Waals surface area contributed by atoms with Crippen LogP contribution in [0.4, 0.5) is 5.69 Å². The first kappa shape index (κ1) is 16.2. The van der Waals surface area contributed by atoms with Crippen LogP contribution in [0.3, 0.4) is 0 Å². The monoisotopic (exact) mass is 337 g/mol. The summed E-state index contributed by atoms with van der Waals surface area (Å²) in [6, 6.07) is 7.90. The highest BCUT2D eigenvalue weighted by Gasteiger charge is 2.46. The fraction of sp³-hybridized carbons (Fsp3) is 0.421. The van der Waals surface area contributed by atoms with Crippen molar-refractivity contribution in [2.75, 3.05) is 5.32 Å². The minimum absolute atomic E-state index is 0.00695. The molecule has 6 heteroatoms. The lowest BCUT2D eigenvalue weighted by Crippen LogP contribution is -2.43. The molecule has 2 aliphatic rings. The summed E-state index contributed by atoms with van der Waals surface area (Å²) in [4.78, 5) is 21.1. The number of carbonyl (C=O) groups is 1. The van der Waals surface area contributed by atoms with Crippen LogP contribution in [0.2, 0.25) is 0 Å². The minimum Gasteiger partial charge on any atom is -0.323 e. The van der Waals surface area contributed by atoms with E-state index < -0.39 is 0 Å². The number of aromatic nitrogens is 2. The summed E-state index contributed by atoms with van der Waals surface area (Å²) in [5.74, 6) is 1.25. The van der Waals surface area contributed by atoms with Crippen LogP contribution in [0.5, 0.6) is 0 Å². The number of nitrogens with zero attached hydrogens (tertiary/aromatic N) is 2. The van der Waals surface area contributed by atoms with Crippen LogP contribution in [-0.4, -0.2) is 28.0 Å². The lowest BCUT2D eigenvalue weighted by molar-refractivity contribution is -0.119. The molecule has 3 N–H and O–H groups in total. The molecule has 6 nitrogen and oxygen atoms in total. The Kier molecular flexibility index (Phi) is 4.46. The molecule has 1 amide bonds. The molecule has 1 aliphatic heterocycles. The molecule has 5 unspecified atom stereocenters. The Labute approximate surface area is 147 Å². The Morgan fingerprint density at radius 2 is 1.92 bits per heavy atom. The third-order valence-electron chi connectivity index (χ3n) is 5.53. The molecule has 5 atom stereocenters. The van der Waals surface area contributed by atoms with Crippen LogP contribution in [0.1, 0.15) is 31.2 Å². The number of fused-ring (bicyclic) bond motifs is 1. The van der Waals surface area contributed by atoms with E-state index >= 15 is 0 Å². The van der Waals surface area contributed by atoms with Gasteiger partial charge in [0.2, 0.25) is 5.91 Å². The van der Waals surface area contributed by atoms with E-state index in [4.69, 9.17) is 0 Å². The molecule has 130 valence electrons. The van der Waals surface area contributed by atoms with Crippen molar-refractivity contribution in [3.05, 3.63) is 54.6 Å². The van der Waals surface area contributed by atoms with Gasteiger partial charge >= 0.3 is 0 Å². The van der Waals surface area contributed by atoms with Gasteiger partial charge in [0, 0.05) is 30.6 Å². The van der Waals surface area contributed by atoms with Gasteiger partial charge in [-0.15, -0.1) is 0 Å². The maximum atomic E-state index is 12.7. The summed E-state index contributed by atoms with van der Waals surface area (Å²) in [6.45, 7) is 2.29. The molecule has 0 radical (unpaired) electrons. The Morgan fingerprint density at radius 1 is 1.12 bits per heavy atom. The zero-order valence-corrected chi connectivity index (χ0v) is 14.2. The maximum absolute atomic E-state index is 12.7. The molecule has 3 heterocycles. The standard InChI is InChI=1S/C19H23N5O/c1-12-8-17-16(9-15(12)13-4-2-6-20-10-13)18(24-23-17)19(25)22-14-5-3-7-21-11-14/h2-7,10-12,15-18,23-24H,8-9H2,1H3,(H,22,25). The van der Waals surface area contributed by atoms with Crippen LogP contribution < -0.4 is 16.2 Å². The number of carbonyl (C=O) groups excluding carboxylic acids is 1. The molecule has 25 heavy (non-hydrogen) atoms. The average molecular weight is 337 g/mol. The van der Waals surface area contributed by atoms with Crippen LogP contribution in [0.25, 0.3) is 0 Å². The van der Waals surface area contributed by atoms with Gasteiger partial charge in [-0.1, -0.05) is 13.0 Å². The second kappa shape index (κ2) is 6.90. The van der Waals surface area contributed by atoms with Gasteiger partial charge in [-0.2, -0.15) is 0 Å². The molecule has 2 fully saturated rings. The van der Waals surface area contributed by atoms with Gasteiger partial charge < -0.3 is 5.32 Å². The largest absolute Gasteiger partial charge is 0.323 e. The van der Waals surface area contributed by atoms with Gasteiger partial charge in [0.05, 0.1) is 11.9 Å². The van der Waals surface area contributed by atoms with Crippen molar-refractivity contribution in [3.63, 3.8) is 0 Å². The van der Waals surface area contributed by atoms with Gasteiger partial charge in [0.1, 0.15) is 6.04 Å². The molecule has 0 aromatic carbocycles. The SMILES string of the molecule is CC1CC2NNC(C(=O)Nc3cccnc3)C2CC1c1cccnc1. The zero-order chi connectivity index (χ0) is 17.2. The summed E-state index contributed by atoms with van der Waals surface area (Å²) in [6.07, 6.45) is 9.16. The average Bonchev–Trinajstić information content (AvgIpc) is 3.05. The number of anilines is 1. The Balaban J connectivity index is 1.50. The Morgan fingerprint density at radius 3 is 2.64 bits per heavy atom. The third kappa shape index (κ3) is 3.27. The lowest BCUT2D eigenvalue weighted by atomic mass is 9.68. The van der Waals surface area contributed by atoms with E-state index in [9.17, 15) is 4.79 Å². The van der Waals surface area contributed by atoms with Gasteiger partial charge in [0.25, 0.3) is 0 Å². The van der Waals surface area contributed by atoms with Crippen LogP contribution >= 0.6 is 0 Å². The fourth-order valence-electron chi connectivity index (χ4n) is 4.24. The molecule has 1 saturated carbocycles. The van der Waals surface area contributed by atoms with Gasteiger partial charge in [-0.3, -0.25) is 20.2 Å². The van der Waals surface area contributed by atoms with Crippen LogP contribution in [0.15, 0.2) is 49.1 Å². The number of hydrogen-bond acceptors (Lipinski definition) is 5. The highest BCUT2D eigenvalue weighted by molar-refractivity contribution is 5.95. The molecule has 1 aliphatic carbocycles. The summed E-state index contributed by atoms with van der Waals surface area (Å²) < 4.78 is 0. The minimum atomic E-state index is -0.239. The number of hydrazine groups is 1. The molecular weight excluding hydrogens is 314 g/mol. The van der Waals surface area contributed by atoms with Crippen molar-refractivity contribution >= 4 is 11.6 Å². The van der Waals surface area contributed by atoms with Crippen molar-refractivity contribution in [1.29, 1.82) is 0 Å². The first-order valence-electron chi connectivity index (χ1n) is 8.84. The van der Waals surface area contributed by atoms with Crippen molar-refractivity contribution in [2.24, 2.45) is 11.8 Å². The lowest BCUT2D eigenvalue weighted by Gasteiger charge is -2.37. The fourth-order valence-corrected chi connectivity index (χ4v) is 4.24. The topological polar surface area (TPSA) is 78.9 Å². The molecule has 2 aromatic heterocycles. The molecule has 2 aromatic rings. The van der Waals surface area contributed by atoms with Crippen LogP contribution in [0, 0.1) is 11.8 Å². The summed E-state index contributed by atoms with van der Waals surface area (Å²) in [5, 5.41) is 2.97. The molecule has 0 bridgehead atoms. The van der Waals surface area contributed by atoms with Gasteiger partial charge in [0.15, 0.2) is 0 Å². The maximum Gasteiger partial charge on any atom is 0.243 e. The highest BCUT2D eigenvalue weighted by Crippen LogP contribution is 2.43. The highest BCUT2D eigenvalue weighted by atomic mass is 16.2.